The third-order valence-corrected chi connectivity index (χ3v) is 3.40. The summed E-state index contributed by atoms with van der Waals surface area (Å²) in [6.07, 6.45) is 3.66. The molecule has 0 spiro atoms. The van der Waals surface area contributed by atoms with Crippen LogP contribution in [0.1, 0.15) is 29.4 Å². The summed E-state index contributed by atoms with van der Waals surface area (Å²) >= 11 is 6.24. The first-order valence-corrected chi connectivity index (χ1v) is 6.95. The van der Waals surface area contributed by atoms with Gasteiger partial charge >= 0.3 is 0 Å². The number of halogens is 1. The summed E-state index contributed by atoms with van der Waals surface area (Å²) in [4.78, 5) is 13.3. The number of hydrogen-bond donors (Lipinski definition) is 0. The molecule has 0 N–H and O–H groups in total. The smallest absolute Gasteiger partial charge is 0.160 e. The van der Waals surface area contributed by atoms with Crippen molar-refractivity contribution >= 4 is 22.8 Å². The molecule has 3 rings (SSSR count). The van der Waals surface area contributed by atoms with Crippen LogP contribution in [0.3, 0.4) is 0 Å². The minimum Gasteiger partial charge on any atom is -0.307 e. The SMILES string of the molecule is Cc1ccc(Cn2c(C(C)Cl)nc3cccnc32)cn1. The molecule has 0 saturated carbocycles. The van der Waals surface area contributed by atoms with Crippen LogP contribution in [0.4, 0.5) is 0 Å². The van der Waals surface area contributed by atoms with Gasteiger partial charge in [-0.25, -0.2) is 9.97 Å². The van der Waals surface area contributed by atoms with Crippen molar-refractivity contribution in [2.75, 3.05) is 0 Å². The zero-order valence-electron chi connectivity index (χ0n) is 11.4. The van der Waals surface area contributed by atoms with Gasteiger partial charge < -0.3 is 4.57 Å². The van der Waals surface area contributed by atoms with Crippen LogP contribution in [0.2, 0.25) is 0 Å². The Morgan fingerprint density at radius 3 is 2.80 bits per heavy atom. The summed E-state index contributed by atoms with van der Waals surface area (Å²) in [6.45, 7) is 4.57. The Hall–Kier alpha value is -1.94. The molecule has 0 fully saturated rings. The standard InChI is InChI=1S/C15H15ClN4/c1-10-5-6-12(8-18-10)9-20-14(11(2)16)19-13-4-3-7-17-15(13)20/h3-8,11H,9H2,1-2H3. The highest BCUT2D eigenvalue weighted by molar-refractivity contribution is 6.20. The lowest BCUT2D eigenvalue weighted by Crippen LogP contribution is -2.06. The van der Waals surface area contributed by atoms with Gasteiger partial charge in [-0.3, -0.25) is 4.98 Å². The Bertz CT molecular complexity index is 731. The summed E-state index contributed by atoms with van der Waals surface area (Å²) in [7, 11) is 0. The van der Waals surface area contributed by atoms with Gasteiger partial charge in [0, 0.05) is 18.1 Å². The fourth-order valence-corrected chi connectivity index (χ4v) is 2.38. The van der Waals surface area contributed by atoms with Crippen molar-refractivity contribution < 1.29 is 0 Å². The molecule has 1 unspecified atom stereocenters. The molecule has 0 aromatic carbocycles. The number of pyridine rings is 2. The summed E-state index contributed by atoms with van der Waals surface area (Å²) in [6, 6.07) is 7.91. The first-order valence-electron chi connectivity index (χ1n) is 6.52. The number of alkyl halides is 1. The molecule has 0 aliphatic heterocycles. The molecule has 0 bridgehead atoms. The maximum atomic E-state index is 6.24. The highest BCUT2D eigenvalue weighted by Crippen LogP contribution is 2.24. The van der Waals surface area contributed by atoms with Crippen molar-refractivity contribution in [3.8, 4) is 0 Å². The van der Waals surface area contributed by atoms with Gasteiger partial charge in [0.15, 0.2) is 5.65 Å². The Morgan fingerprint density at radius 1 is 1.25 bits per heavy atom. The second kappa shape index (κ2) is 5.21. The van der Waals surface area contributed by atoms with Gasteiger partial charge in [-0.1, -0.05) is 6.07 Å². The van der Waals surface area contributed by atoms with E-state index < -0.39 is 0 Å². The van der Waals surface area contributed by atoms with Crippen LogP contribution in [0, 0.1) is 6.92 Å². The number of fused-ring (bicyclic) bond motifs is 1. The average Bonchev–Trinajstić information content (AvgIpc) is 2.81. The van der Waals surface area contributed by atoms with Crippen LogP contribution in [0.25, 0.3) is 11.2 Å². The third-order valence-electron chi connectivity index (χ3n) is 3.20. The molecule has 20 heavy (non-hydrogen) atoms. The van der Waals surface area contributed by atoms with E-state index in [2.05, 4.69) is 25.6 Å². The fourth-order valence-electron chi connectivity index (χ4n) is 2.21. The first kappa shape index (κ1) is 13.1. The molecule has 3 heterocycles. The largest absolute Gasteiger partial charge is 0.307 e. The zero-order valence-corrected chi connectivity index (χ0v) is 12.2. The molecule has 0 radical (unpaired) electrons. The van der Waals surface area contributed by atoms with Crippen LogP contribution >= 0.6 is 11.6 Å². The Balaban J connectivity index is 2.09. The average molecular weight is 287 g/mol. The lowest BCUT2D eigenvalue weighted by atomic mass is 10.2. The second-order valence-corrected chi connectivity index (χ2v) is 5.48. The maximum absolute atomic E-state index is 6.24. The molecule has 0 saturated heterocycles. The van der Waals surface area contributed by atoms with Crippen molar-refractivity contribution in [2.24, 2.45) is 0 Å². The normalized spacial score (nSPS) is 12.8. The van der Waals surface area contributed by atoms with Gasteiger partial charge in [0.2, 0.25) is 0 Å². The quantitative estimate of drug-likeness (QED) is 0.692. The highest BCUT2D eigenvalue weighted by atomic mass is 35.5. The maximum Gasteiger partial charge on any atom is 0.160 e. The number of hydrogen-bond acceptors (Lipinski definition) is 3. The van der Waals surface area contributed by atoms with E-state index in [9.17, 15) is 0 Å². The fraction of sp³-hybridized carbons (Fsp3) is 0.267. The monoisotopic (exact) mass is 286 g/mol. The van der Waals surface area contributed by atoms with E-state index in [0.29, 0.717) is 6.54 Å². The molecule has 5 heteroatoms. The van der Waals surface area contributed by atoms with Gasteiger partial charge in [0.05, 0.1) is 11.9 Å². The second-order valence-electron chi connectivity index (χ2n) is 4.83. The number of aryl methyl sites for hydroxylation is 1. The van der Waals surface area contributed by atoms with E-state index in [-0.39, 0.29) is 5.38 Å². The van der Waals surface area contributed by atoms with Crippen molar-refractivity contribution in [1.82, 2.24) is 19.5 Å². The molecule has 0 aliphatic carbocycles. The Kier molecular flexibility index (Phi) is 3.40. The lowest BCUT2D eigenvalue weighted by Gasteiger charge is -2.10. The van der Waals surface area contributed by atoms with Crippen LogP contribution < -0.4 is 0 Å². The van der Waals surface area contributed by atoms with Crippen LogP contribution in [0.15, 0.2) is 36.7 Å². The predicted octanol–water partition coefficient (Wildman–Crippen LogP) is 3.48. The third kappa shape index (κ3) is 2.39. The Morgan fingerprint density at radius 2 is 2.10 bits per heavy atom. The van der Waals surface area contributed by atoms with Gasteiger partial charge in [-0.15, -0.1) is 11.6 Å². The van der Waals surface area contributed by atoms with E-state index in [0.717, 1.165) is 28.2 Å². The van der Waals surface area contributed by atoms with Crippen molar-refractivity contribution in [2.45, 2.75) is 25.8 Å². The highest BCUT2D eigenvalue weighted by Gasteiger charge is 2.15. The van der Waals surface area contributed by atoms with E-state index in [1.54, 1.807) is 6.20 Å². The van der Waals surface area contributed by atoms with Crippen molar-refractivity contribution in [3.63, 3.8) is 0 Å². The topological polar surface area (TPSA) is 43.6 Å². The minimum atomic E-state index is -0.164. The van der Waals surface area contributed by atoms with Crippen molar-refractivity contribution in [3.05, 3.63) is 53.7 Å². The molecule has 3 aromatic rings. The minimum absolute atomic E-state index is 0.164. The number of aromatic nitrogens is 4. The molecule has 4 nitrogen and oxygen atoms in total. The van der Waals surface area contributed by atoms with Gasteiger partial charge in [-0.2, -0.15) is 0 Å². The van der Waals surface area contributed by atoms with E-state index in [1.165, 1.54) is 0 Å². The first-order chi connectivity index (χ1) is 9.65. The van der Waals surface area contributed by atoms with E-state index >= 15 is 0 Å². The molecule has 0 amide bonds. The zero-order chi connectivity index (χ0) is 14.1. The molecule has 0 aliphatic rings. The summed E-state index contributed by atoms with van der Waals surface area (Å²) in [5.41, 5.74) is 3.85. The van der Waals surface area contributed by atoms with Crippen molar-refractivity contribution in [1.29, 1.82) is 0 Å². The number of rotatable bonds is 3. The summed E-state index contributed by atoms with van der Waals surface area (Å²) in [5.74, 6) is 0.834. The lowest BCUT2D eigenvalue weighted by molar-refractivity contribution is 0.733. The molecular formula is C15H15ClN4. The number of imidazole rings is 1. The summed E-state index contributed by atoms with van der Waals surface area (Å²) < 4.78 is 2.05. The number of nitrogens with zero attached hydrogens (tertiary/aromatic N) is 4. The Labute approximate surface area is 122 Å². The molecule has 1 atom stereocenters. The molecule has 3 aromatic heterocycles. The van der Waals surface area contributed by atoms with Gasteiger partial charge in [0.1, 0.15) is 11.3 Å². The molecular weight excluding hydrogens is 272 g/mol. The summed E-state index contributed by atoms with van der Waals surface area (Å²) in [5, 5.41) is -0.164. The predicted molar refractivity (Wildman–Crippen MR) is 79.9 cm³/mol. The van der Waals surface area contributed by atoms with E-state index in [4.69, 9.17) is 11.6 Å². The molecule has 102 valence electrons. The van der Waals surface area contributed by atoms with E-state index in [1.807, 2.05) is 38.2 Å². The van der Waals surface area contributed by atoms with Crippen LogP contribution in [0.5, 0.6) is 0 Å². The van der Waals surface area contributed by atoms with Crippen LogP contribution in [-0.4, -0.2) is 19.5 Å². The van der Waals surface area contributed by atoms with Gasteiger partial charge in [0.25, 0.3) is 0 Å². The van der Waals surface area contributed by atoms with Crippen LogP contribution in [-0.2, 0) is 6.54 Å². The van der Waals surface area contributed by atoms with Gasteiger partial charge in [-0.05, 0) is 37.6 Å².